The Bertz CT molecular complexity index is 779. The lowest BCUT2D eigenvalue weighted by Gasteiger charge is -2.13. The molecule has 0 atom stereocenters. The topological polar surface area (TPSA) is 93.9 Å². The van der Waals surface area contributed by atoms with Gasteiger partial charge < -0.3 is 24.2 Å². The number of nitrogens with one attached hydrogen (secondary N) is 1. The standard InChI is InChI=1S/C18H23N3O5/c1-11-14(12(2)26-20-11)10-25-15-7-6-13(8-16(15)24-5)18(23)19-9-17(22)21(3)4/h6-8H,9-10H2,1-5H3,(H,19,23). The second-order valence-corrected chi connectivity index (χ2v) is 5.93. The summed E-state index contributed by atoms with van der Waals surface area (Å²) in [6, 6.07) is 4.83. The van der Waals surface area contributed by atoms with Gasteiger partial charge in [0.05, 0.1) is 24.9 Å². The van der Waals surface area contributed by atoms with Gasteiger partial charge in [0.1, 0.15) is 12.4 Å². The van der Waals surface area contributed by atoms with Crippen molar-refractivity contribution in [1.82, 2.24) is 15.4 Å². The van der Waals surface area contributed by atoms with Crippen LogP contribution in [-0.4, -0.2) is 49.6 Å². The maximum absolute atomic E-state index is 12.2. The minimum Gasteiger partial charge on any atom is -0.493 e. The van der Waals surface area contributed by atoms with Gasteiger partial charge in [-0.15, -0.1) is 0 Å². The Hall–Kier alpha value is -3.03. The Labute approximate surface area is 152 Å². The molecule has 0 unspecified atom stereocenters. The minimum atomic E-state index is -0.365. The van der Waals surface area contributed by atoms with Gasteiger partial charge in [-0.3, -0.25) is 9.59 Å². The first-order valence-corrected chi connectivity index (χ1v) is 8.04. The molecular weight excluding hydrogens is 338 g/mol. The van der Waals surface area contributed by atoms with Crippen molar-refractivity contribution in [1.29, 1.82) is 0 Å². The number of benzene rings is 1. The number of methoxy groups -OCH3 is 1. The number of likely N-dealkylation sites (N-methyl/N-ethyl adjacent to an activating group) is 1. The van der Waals surface area contributed by atoms with Crippen molar-refractivity contribution in [3.63, 3.8) is 0 Å². The average Bonchev–Trinajstić information content (AvgIpc) is 2.95. The normalized spacial score (nSPS) is 10.3. The number of amides is 2. The first-order chi connectivity index (χ1) is 12.3. The number of nitrogens with zero attached hydrogens (tertiary/aromatic N) is 2. The molecule has 2 aromatic rings. The van der Waals surface area contributed by atoms with E-state index in [1.54, 1.807) is 32.3 Å². The highest BCUT2D eigenvalue weighted by atomic mass is 16.5. The molecule has 1 aromatic heterocycles. The molecule has 1 aromatic carbocycles. The van der Waals surface area contributed by atoms with E-state index in [9.17, 15) is 9.59 Å². The molecule has 0 aliphatic heterocycles. The van der Waals surface area contributed by atoms with Crippen molar-refractivity contribution < 1.29 is 23.6 Å². The Balaban J connectivity index is 2.07. The largest absolute Gasteiger partial charge is 0.493 e. The molecule has 1 N–H and O–H groups in total. The van der Waals surface area contributed by atoms with E-state index in [2.05, 4.69) is 10.5 Å². The SMILES string of the molecule is COc1cc(C(=O)NCC(=O)N(C)C)ccc1OCc1c(C)noc1C. The molecule has 0 aliphatic rings. The lowest BCUT2D eigenvalue weighted by molar-refractivity contribution is -0.127. The van der Waals surface area contributed by atoms with Gasteiger partial charge >= 0.3 is 0 Å². The quantitative estimate of drug-likeness (QED) is 0.807. The summed E-state index contributed by atoms with van der Waals surface area (Å²) in [5.41, 5.74) is 2.01. The Morgan fingerprint density at radius 2 is 1.96 bits per heavy atom. The maximum Gasteiger partial charge on any atom is 0.251 e. The van der Waals surface area contributed by atoms with Crippen LogP contribution in [0.25, 0.3) is 0 Å². The summed E-state index contributed by atoms with van der Waals surface area (Å²) in [4.78, 5) is 25.2. The van der Waals surface area contributed by atoms with Gasteiger partial charge in [-0.1, -0.05) is 5.16 Å². The zero-order chi connectivity index (χ0) is 19.3. The van der Waals surface area contributed by atoms with Gasteiger partial charge in [-0.25, -0.2) is 0 Å². The Morgan fingerprint density at radius 1 is 1.23 bits per heavy atom. The van der Waals surface area contributed by atoms with Crippen LogP contribution in [0.3, 0.4) is 0 Å². The van der Waals surface area contributed by atoms with E-state index in [0.717, 1.165) is 11.3 Å². The van der Waals surface area contributed by atoms with Gasteiger partial charge in [0.2, 0.25) is 5.91 Å². The number of carbonyl (C=O) groups is 2. The van der Waals surface area contributed by atoms with Gasteiger partial charge in [0, 0.05) is 19.7 Å². The summed E-state index contributed by atoms with van der Waals surface area (Å²) < 4.78 is 16.2. The molecule has 8 heteroatoms. The van der Waals surface area contributed by atoms with E-state index in [4.69, 9.17) is 14.0 Å². The third-order valence-corrected chi connectivity index (χ3v) is 3.88. The average molecular weight is 361 g/mol. The Kier molecular flexibility index (Phi) is 6.21. The molecular formula is C18H23N3O5. The van der Waals surface area contributed by atoms with Crippen LogP contribution >= 0.6 is 0 Å². The fraction of sp³-hybridized carbons (Fsp3) is 0.389. The maximum atomic E-state index is 12.2. The van der Waals surface area contributed by atoms with Crippen LogP contribution in [0, 0.1) is 13.8 Å². The van der Waals surface area contributed by atoms with Gasteiger partial charge in [0.25, 0.3) is 5.91 Å². The highest BCUT2D eigenvalue weighted by Crippen LogP contribution is 2.29. The Morgan fingerprint density at radius 3 is 2.54 bits per heavy atom. The molecule has 0 aliphatic carbocycles. The molecule has 0 spiro atoms. The third kappa shape index (κ3) is 4.53. The predicted octanol–water partition coefficient (Wildman–Crippen LogP) is 1.70. The van der Waals surface area contributed by atoms with Crippen molar-refractivity contribution >= 4 is 11.8 Å². The summed E-state index contributed by atoms with van der Waals surface area (Å²) in [7, 11) is 4.75. The molecule has 8 nitrogen and oxygen atoms in total. The summed E-state index contributed by atoms with van der Waals surface area (Å²) in [5, 5.41) is 6.46. The van der Waals surface area contributed by atoms with Crippen LogP contribution in [0.15, 0.2) is 22.7 Å². The highest BCUT2D eigenvalue weighted by molar-refractivity contribution is 5.97. The van der Waals surface area contributed by atoms with Gasteiger partial charge in [-0.2, -0.15) is 0 Å². The van der Waals surface area contributed by atoms with Gasteiger partial charge in [-0.05, 0) is 32.0 Å². The molecule has 0 fully saturated rings. The summed E-state index contributed by atoms with van der Waals surface area (Å²) >= 11 is 0. The first kappa shape index (κ1) is 19.3. The van der Waals surface area contributed by atoms with Crippen LogP contribution in [0.4, 0.5) is 0 Å². The van der Waals surface area contributed by atoms with Crippen molar-refractivity contribution in [2.45, 2.75) is 20.5 Å². The number of rotatable bonds is 7. The monoisotopic (exact) mass is 361 g/mol. The van der Waals surface area contributed by atoms with Crippen LogP contribution in [-0.2, 0) is 11.4 Å². The zero-order valence-corrected chi connectivity index (χ0v) is 15.6. The van der Waals surface area contributed by atoms with Gasteiger partial charge in [0.15, 0.2) is 11.5 Å². The molecule has 0 saturated heterocycles. The van der Waals surface area contributed by atoms with E-state index in [0.29, 0.717) is 22.8 Å². The molecule has 1 heterocycles. The van der Waals surface area contributed by atoms with Crippen LogP contribution < -0.4 is 14.8 Å². The molecule has 0 radical (unpaired) electrons. The number of aryl methyl sites for hydroxylation is 2. The number of carbonyl (C=O) groups excluding carboxylic acids is 2. The van der Waals surface area contributed by atoms with Crippen LogP contribution in [0.1, 0.15) is 27.4 Å². The minimum absolute atomic E-state index is 0.0710. The van der Waals surface area contributed by atoms with Crippen LogP contribution in [0.5, 0.6) is 11.5 Å². The van der Waals surface area contributed by atoms with E-state index in [1.807, 2.05) is 13.8 Å². The summed E-state index contributed by atoms with van der Waals surface area (Å²) in [6.45, 7) is 3.87. The first-order valence-electron chi connectivity index (χ1n) is 8.04. The van der Waals surface area contributed by atoms with Crippen molar-refractivity contribution in [3.8, 4) is 11.5 Å². The molecule has 2 amide bonds. The van der Waals surface area contributed by atoms with Crippen molar-refractivity contribution in [2.24, 2.45) is 0 Å². The molecule has 0 saturated carbocycles. The lowest BCUT2D eigenvalue weighted by atomic mass is 10.2. The van der Waals surface area contributed by atoms with E-state index in [-0.39, 0.29) is 25.0 Å². The third-order valence-electron chi connectivity index (χ3n) is 3.88. The second kappa shape index (κ2) is 8.37. The van der Waals surface area contributed by atoms with Crippen LogP contribution in [0.2, 0.25) is 0 Å². The number of hydrogen-bond acceptors (Lipinski definition) is 6. The fourth-order valence-electron chi connectivity index (χ4n) is 2.20. The predicted molar refractivity (Wildman–Crippen MR) is 94.3 cm³/mol. The van der Waals surface area contributed by atoms with Crippen molar-refractivity contribution in [3.05, 3.63) is 40.8 Å². The molecule has 2 rings (SSSR count). The summed E-state index contributed by atoms with van der Waals surface area (Å²) in [5.74, 6) is 1.06. The number of ether oxygens (including phenoxy) is 2. The highest BCUT2D eigenvalue weighted by Gasteiger charge is 2.15. The molecule has 26 heavy (non-hydrogen) atoms. The molecule has 0 bridgehead atoms. The van der Waals surface area contributed by atoms with E-state index in [1.165, 1.54) is 12.0 Å². The second-order valence-electron chi connectivity index (χ2n) is 5.93. The number of hydrogen-bond donors (Lipinski definition) is 1. The smallest absolute Gasteiger partial charge is 0.251 e. The van der Waals surface area contributed by atoms with E-state index >= 15 is 0 Å². The zero-order valence-electron chi connectivity index (χ0n) is 15.6. The fourth-order valence-corrected chi connectivity index (χ4v) is 2.20. The van der Waals surface area contributed by atoms with Crippen molar-refractivity contribution in [2.75, 3.05) is 27.7 Å². The van der Waals surface area contributed by atoms with E-state index < -0.39 is 0 Å². The molecule has 140 valence electrons. The lowest BCUT2D eigenvalue weighted by Crippen LogP contribution is -2.36. The number of aromatic nitrogens is 1. The summed E-state index contributed by atoms with van der Waals surface area (Å²) in [6.07, 6.45) is 0.